The molecule has 2 nitrogen and oxygen atoms in total. The standard InChI is InChI=1S/C18H27NO/c1-4-5-10-19-11-9-18(14-19,13-15(2)3)16-7-6-8-17(20)12-16/h4-8,12,15,20H,9-11,13-14H2,1-3H3/b5-4+/t18-/m0/s1. The fourth-order valence-corrected chi connectivity index (χ4v) is 3.51. The third-order valence-electron chi connectivity index (χ3n) is 4.29. The Morgan fingerprint density at radius 1 is 1.40 bits per heavy atom. The molecule has 1 heterocycles. The third kappa shape index (κ3) is 3.43. The van der Waals surface area contributed by atoms with Crippen LogP contribution in [-0.2, 0) is 5.41 Å². The van der Waals surface area contributed by atoms with E-state index in [1.165, 1.54) is 18.4 Å². The van der Waals surface area contributed by atoms with Crippen LogP contribution in [0.5, 0.6) is 5.75 Å². The molecule has 0 aromatic heterocycles. The Hall–Kier alpha value is -1.28. The van der Waals surface area contributed by atoms with Crippen molar-refractivity contribution >= 4 is 0 Å². The monoisotopic (exact) mass is 273 g/mol. The fourth-order valence-electron chi connectivity index (χ4n) is 3.51. The summed E-state index contributed by atoms with van der Waals surface area (Å²) in [5.74, 6) is 1.05. The molecule has 1 fully saturated rings. The number of hydrogen-bond donors (Lipinski definition) is 1. The van der Waals surface area contributed by atoms with Gasteiger partial charge in [-0.15, -0.1) is 0 Å². The molecule has 0 aliphatic carbocycles. The summed E-state index contributed by atoms with van der Waals surface area (Å²) < 4.78 is 0. The van der Waals surface area contributed by atoms with Gasteiger partial charge in [-0.1, -0.05) is 38.1 Å². The van der Waals surface area contributed by atoms with Crippen LogP contribution in [0.4, 0.5) is 0 Å². The largest absolute Gasteiger partial charge is 0.508 e. The van der Waals surface area contributed by atoms with Crippen LogP contribution < -0.4 is 0 Å². The number of phenols is 1. The summed E-state index contributed by atoms with van der Waals surface area (Å²) in [5, 5.41) is 9.80. The third-order valence-corrected chi connectivity index (χ3v) is 4.29. The first kappa shape index (κ1) is 15.1. The molecule has 1 aromatic carbocycles. The van der Waals surface area contributed by atoms with Gasteiger partial charge >= 0.3 is 0 Å². The smallest absolute Gasteiger partial charge is 0.115 e. The van der Waals surface area contributed by atoms with Gasteiger partial charge in [0.05, 0.1) is 0 Å². The normalized spacial score (nSPS) is 24.0. The number of hydrogen-bond acceptors (Lipinski definition) is 2. The topological polar surface area (TPSA) is 23.5 Å². The zero-order valence-corrected chi connectivity index (χ0v) is 13.0. The molecule has 1 aliphatic heterocycles. The molecule has 1 atom stereocenters. The van der Waals surface area contributed by atoms with Gasteiger partial charge in [-0.05, 0) is 49.9 Å². The number of benzene rings is 1. The minimum atomic E-state index is 0.203. The van der Waals surface area contributed by atoms with Crippen molar-refractivity contribution in [1.82, 2.24) is 4.90 Å². The quantitative estimate of drug-likeness (QED) is 0.821. The minimum Gasteiger partial charge on any atom is -0.508 e. The van der Waals surface area contributed by atoms with E-state index in [4.69, 9.17) is 0 Å². The van der Waals surface area contributed by atoms with E-state index in [-0.39, 0.29) is 5.41 Å². The SMILES string of the molecule is C/C=C/CN1CC[C@@](CC(C)C)(c2cccc(O)c2)C1. The number of nitrogens with zero attached hydrogens (tertiary/aromatic N) is 1. The number of phenolic OH excluding ortho intramolecular Hbond substituents is 1. The van der Waals surface area contributed by atoms with Gasteiger partial charge in [-0.3, -0.25) is 4.90 Å². The molecule has 2 rings (SSSR count). The van der Waals surface area contributed by atoms with Gasteiger partial charge < -0.3 is 5.11 Å². The van der Waals surface area contributed by atoms with Gasteiger partial charge in [0, 0.05) is 18.5 Å². The highest BCUT2D eigenvalue weighted by atomic mass is 16.3. The van der Waals surface area contributed by atoms with Crippen molar-refractivity contribution in [2.45, 2.75) is 39.0 Å². The van der Waals surface area contributed by atoms with E-state index in [0.717, 1.165) is 19.6 Å². The maximum absolute atomic E-state index is 9.80. The van der Waals surface area contributed by atoms with Gasteiger partial charge in [0.2, 0.25) is 0 Å². The van der Waals surface area contributed by atoms with E-state index in [2.05, 4.69) is 43.9 Å². The molecule has 1 aromatic rings. The van der Waals surface area contributed by atoms with Gasteiger partial charge in [0.1, 0.15) is 5.75 Å². The van der Waals surface area contributed by atoms with E-state index < -0.39 is 0 Å². The van der Waals surface area contributed by atoms with Gasteiger partial charge in [-0.2, -0.15) is 0 Å². The van der Waals surface area contributed by atoms with Crippen molar-refractivity contribution < 1.29 is 5.11 Å². The molecule has 1 saturated heterocycles. The zero-order chi connectivity index (χ0) is 14.6. The second-order valence-corrected chi connectivity index (χ2v) is 6.48. The van der Waals surface area contributed by atoms with Crippen LogP contribution in [0.15, 0.2) is 36.4 Å². The van der Waals surface area contributed by atoms with Crippen LogP contribution in [0.1, 0.15) is 39.2 Å². The highest BCUT2D eigenvalue weighted by molar-refractivity contribution is 5.34. The first-order chi connectivity index (χ1) is 9.55. The van der Waals surface area contributed by atoms with E-state index in [1.54, 1.807) is 6.07 Å². The Balaban J connectivity index is 2.24. The molecule has 0 unspecified atom stereocenters. The summed E-state index contributed by atoms with van der Waals surface area (Å²) in [6.07, 6.45) is 6.72. The predicted molar refractivity (Wildman–Crippen MR) is 85.1 cm³/mol. The lowest BCUT2D eigenvalue weighted by atomic mass is 9.73. The van der Waals surface area contributed by atoms with Gasteiger partial charge in [0.15, 0.2) is 0 Å². The molecule has 2 heteroatoms. The Morgan fingerprint density at radius 3 is 2.85 bits per heavy atom. The van der Waals surface area contributed by atoms with E-state index in [0.29, 0.717) is 11.7 Å². The second-order valence-electron chi connectivity index (χ2n) is 6.48. The Morgan fingerprint density at radius 2 is 2.20 bits per heavy atom. The van der Waals surface area contributed by atoms with Crippen molar-refractivity contribution in [3.8, 4) is 5.75 Å². The molecule has 0 amide bonds. The predicted octanol–water partition coefficient (Wildman–Crippen LogP) is 3.96. The van der Waals surface area contributed by atoms with Crippen LogP contribution in [-0.4, -0.2) is 29.6 Å². The van der Waals surface area contributed by atoms with E-state index in [9.17, 15) is 5.11 Å². The molecule has 0 saturated carbocycles. The number of aromatic hydroxyl groups is 1. The van der Waals surface area contributed by atoms with Crippen molar-refractivity contribution in [2.24, 2.45) is 5.92 Å². The maximum atomic E-state index is 9.80. The molecule has 20 heavy (non-hydrogen) atoms. The minimum absolute atomic E-state index is 0.203. The summed E-state index contributed by atoms with van der Waals surface area (Å²) in [7, 11) is 0. The van der Waals surface area contributed by atoms with Crippen LogP contribution in [0.2, 0.25) is 0 Å². The average Bonchev–Trinajstić information content (AvgIpc) is 2.80. The highest BCUT2D eigenvalue weighted by Crippen LogP contribution is 2.40. The zero-order valence-electron chi connectivity index (χ0n) is 13.0. The molecular formula is C18H27NO. The average molecular weight is 273 g/mol. The van der Waals surface area contributed by atoms with Crippen molar-refractivity contribution in [3.63, 3.8) is 0 Å². The number of allylic oxidation sites excluding steroid dienone is 1. The summed E-state index contributed by atoms with van der Waals surface area (Å²) in [5.41, 5.74) is 1.50. The molecular weight excluding hydrogens is 246 g/mol. The number of rotatable bonds is 5. The van der Waals surface area contributed by atoms with Gasteiger partial charge in [0.25, 0.3) is 0 Å². The van der Waals surface area contributed by atoms with Crippen LogP contribution >= 0.6 is 0 Å². The van der Waals surface area contributed by atoms with Crippen LogP contribution in [0.3, 0.4) is 0 Å². The second kappa shape index (κ2) is 6.45. The highest BCUT2D eigenvalue weighted by Gasteiger charge is 2.39. The lowest BCUT2D eigenvalue weighted by Gasteiger charge is -2.32. The summed E-state index contributed by atoms with van der Waals surface area (Å²) in [6, 6.07) is 7.88. The molecule has 0 spiro atoms. The lowest BCUT2D eigenvalue weighted by Crippen LogP contribution is -2.32. The van der Waals surface area contributed by atoms with Crippen LogP contribution in [0.25, 0.3) is 0 Å². The summed E-state index contributed by atoms with van der Waals surface area (Å²) >= 11 is 0. The first-order valence-corrected chi connectivity index (χ1v) is 7.69. The first-order valence-electron chi connectivity index (χ1n) is 7.69. The molecule has 0 radical (unpaired) electrons. The van der Waals surface area contributed by atoms with Crippen molar-refractivity contribution in [1.29, 1.82) is 0 Å². The molecule has 110 valence electrons. The summed E-state index contributed by atoms with van der Waals surface area (Å²) in [4.78, 5) is 2.52. The Bertz CT molecular complexity index is 466. The fraction of sp³-hybridized carbons (Fsp3) is 0.556. The van der Waals surface area contributed by atoms with E-state index >= 15 is 0 Å². The molecule has 1 aliphatic rings. The lowest BCUT2D eigenvalue weighted by molar-refractivity contribution is 0.305. The van der Waals surface area contributed by atoms with Crippen molar-refractivity contribution in [3.05, 3.63) is 42.0 Å². The van der Waals surface area contributed by atoms with Crippen LogP contribution in [0, 0.1) is 5.92 Å². The van der Waals surface area contributed by atoms with E-state index in [1.807, 2.05) is 12.1 Å². The summed E-state index contributed by atoms with van der Waals surface area (Å²) in [6.45, 7) is 9.94. The molecule has 0 bridgehead atoms. The van der Waals surface area contributed by atoms with Crippen molar-refractivity contribution in [2.75, 3.05) is 19.6 Å². The number of likely N-dealkylation sites (tertiary alicyclic amines) is 1. The Labute approximate surface area is 123 Å². The Kier molecular flexibility index (Phi) is 4.87. The molecule has 1 N–H and O–H groups in total. The maximum Gasteiger partial charge on any atom is 0.115 e. The van der Waals surface area contributed by atoms with Gasteiger partial charge in [-0.25, -0.2) is 0 Å².